The molecule has 0 spiro atoms. The normalized spacial score (nSPS) is 42.2. The Balaban J connectivity index is 1.88. The zero-order valence-corrected chi connectivity index (χ0v) is 11.7. The Morgan fingerprint density at radius 2 is 1.81 bits per heavy atom. The van der Waals surface area contributed by atoms with Crippen LogP contribution in [0.5, 0.6) is 0 Å². The minimum absolute atomic E-state index is 0.773. The summed E-state index contributed by atoms with van der Waals surface area (Å²) in [5.74, 6) is 1.33. The van der Waals surface area contributed by atoms with E-state index in [-0.39, 0.29) is 0 Å². The van der Waals surface area contributed by atoms with E-state index in [0.29, 0.717) is 0 Å². The quantitative estimate of drug-likeness (QED) is 0.800. The first-order chi connectivity index (χ1) is 7.72. The fourth-order valence-electron chi connectivity index (χ4n) is 3.17. The highest BCUT2D eigenvalue weighted by atomic mass is 32.2. The molecule has 0 amide bonds. The van der Waals surface area contributed by atoms with Crippen molar-refractivity contribution in [3.8, 4) is 0 Å². The van der Waals surface area contributed by atoms with Crippen LogP contribution in [0.4, 0.5) is 0 Å². The lowest BCUT2D eigenvalue weighted by atomic mass is 9.89. The summed E-state index contributed by atoms with van der Waals surface area (Å²) in [6.45, 7) is 6.12. The molecule has 0 bridgehead atoms. The number of rotatable bonds is 2. The van der Waals surface area contributed by atoms with Gasteiger partial charge in [0.05, 0.1) is 0 Å². The third kappa shape index (κ3) is 2.74. The van der Waals surface area contributed by atoms with Crippen LogP contribution in [-0.2, 0) is 0 Å². The molecule has 2 nitrogen and oxygen atoms in total. The van der Waals surface area contributed by atoms with Crippen molar-refractivity contribution in [2.75, 3.05) is 19.3 Å². The van der Waals surface area contributed by atoms with Crippen LogP contribution in [0.2, 0.25) is 0 Å². The van der Waals surface area contributed by atoms with E-state index in [9.17, 15) is 0 Å². The monoisotopic (exact) mass is 242 g/mol. The van der Waals surface area contributed by atoms with E-state index in [1.807, 2.05) is 0 Å². The molecule has 2 rings (SSSR count). The van der Waals surface area contributed by atoms with Crippen molar-refractivity contribution in [2.45, 2.75) is 62.9 Å². The lowest BCUT2D eigenvalue weighted by Gasteiger charge is -2.45. The van der Waals surface area contributed by atoms with E-state index in [2.05, 4.69) is 42.9 Å². The van der Waals surface area contributed by atoms with Gasteiger partial charge in [0, 0.05) is 35.7 Å². The summed E-state index contributed by atoms with van der Waals surface area (Å²) in [6.07, 6.45) is 5.53. The summed E-state index contributed by atoms with van der Waals surface area (Å²) in [5, 5.41) is 4.24. The summed E-state index contributed by atoms with van der Waals surface area (Å²) >= 11 is 2.14. The van der Waals surface area contributed by atoms with Gasteiger partial charge in [0.1, 0.15) is 0 Å². The van der Waals surface area contributed by atoms with Crippen molar-refractivity contribution >= 4 is 11.8 Å². The minimum Gasteiger partial charge on any atom is -0.317 e. The van der Waals surface area contributed by atoms with Crippen LogP contribution in [0.15, 0.2) is 0 Å². The van der Waals surface area contributed by atoms with Crippen LogP contribution in [0, 0.1) is 0 Å². The van der Waals surface area contributed by atoms with Gasteiger partial charge in [-0.3, -0.25) is 4.90 Å². The summed E-state index contributed by atoms with van der Waals surface area (Å²) in [7, 11) is 2.10. The molecule has 2 atom stereocenters. The molecular weight excluding hydrogens is 216 g/mol. The van der Waals surface area contributed by atoms with Crippen molar-refractivity contribution < 1.29 is 0 Å². The van der Waals surface area contributed by atoms with Crippen LogP contribution in [-0.4, -0.2) is 47.6 Å². The molecular formula is C13H26N2S. The first-order valence-corrected chi connectivity index (χ1v) is 7.82. The Hall–Kier alpha value is 0.270. The number of hydrogen-bond donors (Lipinski definition) is 1. The van der Waals surface area contributed by atoms with Crippen LogP contribution < -0.4 is 5.32 Å². The predicted octanol–water partition coefficient (Wildman–Crippen LogP) is 2.34. The average Bonchev–Trinajstić information content (AvgIpc) is 2.33. The van der Waals surface area contributed by atoms with Gasteiger partial charge >= 0.3 is 0 Å². The molecule has 94 valence electrons. The van der Waals surface area contributed by atoms with E-state index in [0.717, 1.165) is 23.4 Å². The maximum atomic E-state index is 3.42. The van der Waals surface area contributed by atoms with Gasteiger partial charge in [0.2, 0.25) is 0 Å². The van der Waals surface area contributed by atoms with Crippen molar-refractivity contribution in [1.29, 1.82) is 0 Å². The van der Waals surface area contributed by atoms with Crippen LogP contribution >= 0.6 is 11.8 Å². The fourth-order valence-corrected chi connectivity index (χ4v) is 4.29. The molecule has 2 aliphatic rings. The summed E-state index contributed by atoms with van der Waals surface area (Å²) in [4.78, 5) is 2.78. The van der Waals surface area contributed by atoms with Crippen molar-refractivity contribution in [3.63, 3.8) is 0 Å². The minimum atomic E-state index is 0.773. The Bertz CT molecular complexity index is 214. The maximum absolute atomic E-state index is 3.42. The summed E-state index contributed by atoms with van der Waals surface area (Å²) in [5.41, 5.74) is 0. The first kappa shape index (κ1) is 12.7. The highest BCUT2D eigenvalue weighted by Crippen LogP contribution is 2.31. The molecule has 0 aromatic rings. The topological polar surface area (TPSA) is 15.3 Å². The molecule has 2 fully saturated rings. The van der Waals surface area contributed by atoms with Crippen LogP contribution in [0.1, 0.15) is 39.5 Å². The first-order valence-electron chi connectivity index (χ1n) is 6.77. The fraction of sp³-hybridized carbons (Fsp3) is 1.00. The Morgan fingerprint density at radius 1 is 1.12 bits per heavy atom. The predicted molar refractivity (Wildman–Crippen MR) is 73.2 cm³/mol. The summed E-state index contributed by atoms with van der Waals surface area (Å²) < 4.78 is 0. The molecule has 1 saturated heterocycles. The van der Waals surface area contributed by atoms with E-state index in [1.165, 1.54) is 38.0 Å². The maximum Gasteiger partial charge on any atom is 0.0187 e. The van der Waals surface area contributed by atoms with Crippen molar-refractivity contribution in [3.05, 3.63) is 0 Å². The lowest BCUT2D eigenvalue weighted by molar-refractivity contribution is 0.108. The number of nitrogens with one attached hydrogen (secondary N) is 1. The third-order valence-corrected chi connectivity index (χ3v) is 5.84. The van der Waals surface area contributed by atoms with Gasteiger partial charge in [-0.15, -0.1) is 0 Å². The Morgan fingerprint density at radius 3 is 2.44 bits per heavy atom. The van der Waals surface area contributed by atoms with Gasteiger partial charge in [0.25, 0.3) is 0 Å². The van der Waals surface area contributed by atoms with Gasteiger partial charge in [-0.05, 0) is 39.7 Å². The lowest BCUT2D eigenvalue weighted by Crippen LogP contribution is -2.52. The smallest absolute Gasteiger partial charge is 0.0187 e. The summed E-state index contributed by atoms with van der Waals surface area (Å²) in [6, 6.07) is 2.42. The van der Waals surface area contributed by atoms with E-state index in [1.54, 1.807) is 0 Å². The van der Waals surface area contributed by atoms with E-state index >= 15 is 0 Å². The molecule has 1 N–H and O–H groups in total. The second-order valence-corrected chi connectivity index (χ2v) is 6.83. The van der Waals surface area contributed by atoms with Gasteiger partial charge in [-0.25, -0.2) is 0 Å². The second-order valence-electron chi connectivity index (χ2n) is 5.35. The highest BCUT2D eigenvalue weighted by molar-refractivity contribution is 8.00. The van der Waals surface area contributed by atoms with Crippen LogP contribution in [0.3, 0.4) is 0 Å². The van der Waals surface area contributed by atoms with Gasteiger partial charge < -0.3 is 5.32 Å². The molecule has 1 aliphatic heterocycles. The second kappa shape index (κ2) is 5.74. The number of hydrogen-bond acceptors (Lipinski definition) is 3. The molecule has 2 unspecified atom stereocenters. The number of thioether (sulfide) groups is 1. The SMILES string of the molecule is CNC1CCC(N2CCSC(C)C2C)CC1. The third-order valence-electron chi connectivity index (χ3n) is 4.51. The Kier molecular flexibility index (Phi) is 4.57. The van der Waals surface area contributed by atoms with Crippen LogP contribution in [0.25, 0.3) is 0 Å². The number of nitrogens with zero attached hydrogens (tertiary/aromatic N) is 1. The van der Waals surface area contributed by atoms with E-state index in [4.69, 9.17) is 0 Å². The van der Waals surface area contributed by atoms with Gasteiger partial charge in [-0.1, -0.05) is 6.92 Å². The molecule has 1 heterocycles. The molecule has 1 saturated carbocycles. The zero-order valence-electron chi connectivity index (χ0n) is 10.9. The molecule has 0 radical (unpaired) electrons. The van der Waals surface area contributed by atoms with Crippen molar-refractivity contribution in [1.82, 2.24) is 10.2 Å². The highest BCUT2D eigenvalue weighted by Gasteiger charge is 2.32. The molecule has 0 aromatic heterocycles. The molecule has 16 heavy (non-hydrogen) atoms. The van der Waals surface area contributed by atoms with E-state index < -0.39 is 0 Å². The standard InChI is InChI=1S/C13H26N2S/c1-10-11(2)16-9-8-15(10)13-6-4-12(14-3)5-7-13/h10-14H,4-9H2,1-3H3. The van der Waals surface area contributed by atoms with Gasteiger partial charge in [-0.2, -0.15) is 11.8 Å². The molecule has 3 heteroatoms. The van der Waals surface area contributed by atoms with Gasteiger partial charge in [0.15, 0.2) is 0 Å². The average molecular weight is 242 g/mol. The van der Waals surface area contributed by atoms with Crippen molar-refractivity contribution in [2.24, 2.45) is 0 Å². The largest absolute Gasteiger partial charge is 0.317 e. The molecule has 1 aliphatic carbocycles. The zero-order chi connectivity index (χ0) is 11.5. The Labute approximate surface area is 105 Å². The molecule has 0 aromatic carbocycles.